The molecule has 0 radical (unpaired) electrons. The Morgan fingerprint density at radius 1 is 1.22 bits per heavy atom. The maximum absolute atomic E-state index is 5.93. The molecule has 0 aliphatic rings. The van der Waals surface area contributed by atoms with E-state index >= 15 is 0 Å². The normalized spacial score (nSPS) is 10.7. The van der Waals surface area contributed by atoms with E-state index in [4.69, 9.17) is 21.1 Å². The van der Waals surface area contributed by atoms with Gasteiger partial charge in [0.25, 0.3) is 0 Å². The van der Waals surface area contributed by atoms with E-state index in [2.05, 4.69) is 22.9 Å². The van der Waals surface area contributed by atoms with Gasteiger partial charge in [-0.1, -0.05) is 29.3 Å². The van der Waals surface area contributed by atoms with Crippen molar-refractivity contribution in [3.8, 4) is 5.75 Å². The summed E-state index contributed by atoms with van der Waals surface area (Å²) in [6.07, 6.45) is 2.26. The average molecular weight is 336 g/mol. The molecule has 0 amide bonds. The van der Waals surface area contributed by atoms with Crippen molar-refractivity contribution in [1.29, 1.82) is 0 Å². The monoisotopic (exact) mass is 334 g/mol. The second-order valence-electron chi connectivity index (χ2n) is 4.16. The van der Waals surface area contributed by atoms with Crippen molar-refractivity contribution >= 4 is 27.5 Å². The fourth-order valence-corrected chi connectivity index (χ4v) is 2.47. The van der Waals surface area contributed by atoms with Crippen molar-refractivity contribution in [2.24, 2.45) is 0 Å². The molecule has 0 bridgehead atoms. The summed E-state index contributed by atoms with van der Waals surface area (Å²) in [5, 5.41) is 0. The quantitative estimate of drug-likeness (QED) is 0.507. The smallest absolute Gasteiger partial charge is 0.126 e. The first-order chi connectivity index (χ1) is 8.69. The highest BCUT2D eigenvalue weighted by Crippen LogP contribution is 2.29. The van der Waals surface area contributed by atoms with Crippen LogP contribution in [0.25, 0.3) is 0 Å². The molecule has 0 N–H and O–H groups in total. The number of rotatable bonds is 8. The molecule has 0 aliphatic heterocycles. The first-order valence-electron chi connectivity index (χ1n) is 6.24. The van der Waals surface area contributed by atoms with Gasteiger partial charge in [-0.25, -0.2) is 0 Å². The van der Waals surface area contributed by atoms with Crippen LogP contribution < -0.4 is 4.74 Å². The van der Waals surface area contributed by atoms with Gasteiger partial charge < -0.3 is 9.47 Å². The zero-order valence-electron chi connectivity index (χ0n) is 11.0. The van der Waals surface area contributed by atoms with Crippen LogP contribution in [0, 0.1) is 6.92 Å². The number of benzene rings is 1. The summed E-state index contributed by atoms with van der Waals surface area (Å²) in [6.45, 7) is 6.17. The number of hydrogen-bond donors (Lipinski definition) is 0. The minimum atomic E-state index is 0.451. The van der Waals surface area contributed by atoms with Gasteiger partial charge in [0.05, 0.1) is 12.5 Å². The zero-order valence-corrected chi connectivity index (χ0v) is 13.3. The Morgan fingerprint density at radius 2 is 2.00 bits per heavy atom. The molecule has 0 fully saturated rings. The lowest BCUT2D eigenvalue weighted by Gasteiger charge is -2.13. The van der Waals surface area contributed by atoms with Crippen LogP contribution in [0.1, 0.15) is 30.9 Å². The minimum absolute atomic E-state index is 0.451. The van der Waals surface area contributed by atoms with Crippen molar-refractivity contribution in [3.63, 3.8) is 0 Å². The Hall–Kier alpha value is -0.250. The molecular weight excluding hydrogens is 316 g/mol. The summed E-state index contributed by atoms with van der Waals surface area (Å²) in [4.78, 5) is 0. The molecule has 0 aromatic heterocycles. The maximum atomic E-state index is 5.93. The standard InChI is InChI=1S/C14H20BrClO2/c1-3-4-5-17-6-7-18-14-11(2)8-13(15)9-12(14)10-16/h8-9H,3-7,10H2,1-2H3. The molecule has 102 valence electrons. The van der Waals surface area contributed by atoms with Gasteiger partial charge in [-0.2, -0.15) is 0 Å². The van der Waals surface area contributed by atoms with Crippen LogP contribution in [0.5, 0.6) is 5.75 Å². The van der Waals surface area contributed by atoms with Crippen molar-refractivity contribution in [1.82, 2.24) is 0 Å². The van der Waals surface area contributed by atoms with E-state index < -0.39 is 0 Å². The number of hydrogen-bond acceptors (Lipinski definition) is 2. The second-order valence-corrected chi connectivity index (χ2v) is 5.34. The van der Waals surface area contributed by atoms with E-state index in [1.165, 1.54) is 0 Å². The first kappa shape index (κ1) is 15.8. The molecule has 0 saturated carbocycles. The summed E-state index contributed by atoms with van der Waals surface area (Å²) in [7, 11) is 0. The Balaban J connectivity index is 2.46. The summed E-state index contributed by atoms with van der Waals surface area (Å²) in [5.74, 6) is 1.33. The summed E-state index contributed by atoms with van der Waals surface area (Å²) < 4.78 is 12.3. The van der Waals surface area contributed by atoms with Crippen LogP contribution in [-0.2, 0) is 10.6 Å². The van der Waals surface area contributed by atoms with Gasteiger partial charge in [0.2, 0.25) is 0 Å². The number of alkyl halides is 1. The number of aryl methyl sites for hydroxylation is 1. The van der Waals surface area contributed by atoms with E-state index in [9.17, 15) is 0 Å². The van der Waals surface area contributed by atoms with Crippen LogP contribution in [0.15, 0.2) is 16.6 Å². The van der Waals surface area contributed by atoms with Crippen LogP contribution in [0.2, 0.25) is 0 Å². The lowest BCUT2D eigenvalue weighted by Crippen LogP contribution is -2.09. The van der Waals surface area contributed by atoms with Crippen molar-refractivity contribution in [3.05, 3.63) is 27.7 Å². The van der Waals surface area contributed by atoms with E-state index in [1.54, 1.807) is 0 Å². The van der Waals surface area contributed by atoms with Gasteiger partial charge in [-0.15, -0.1) is 11.6 Å². The van der Waals surface area contributed by atoms with Crippen molar-refractivity contribution in [2.75, 3.05) is 19.8 Å². The maximum Gasteiger partial charge on any atom is 0.126 e. The van der Waals surface area contributed by atoms with E-state index in [1.807, 2.05) is 19.1 Å². The van der Waals surface area contributed by atoms with Gasteiger partial charge >= 0.3 is 0 Å². The van der Waals surface area contributed by atoms with Crippen LogP contribution >= 0.6 is 27.5 Å². The van der Waals surface area contributed by atoms with Crippen LogP contribution in [0.4, 0.5) is 0 Å². The van der Waals surface area contributed by atoms with Gasteiger partial charge in [0.1, 0.15) is 12.4 Å². The summed E-state index contributed by atoms with van der Waals surface area (Å²) in [6, 6.07) is 4.02. The zero-order chi connectivity index (χ0) is 13.4. The van der Waals surface area contributed by atoms with Crippen LogP contribution in [0.3, 0.4) is 0 Å². The Kier molecular flexibility index (Phi) is 7.71. The second kappa shape index (κ2) is 8.78. The Labute approximate surface area is 123 Å². The molecule has 0 saturated heterocycles. The summed E-state index contributed by atoms with van der Waals surface area (Å²) in [5.41, 5.74) is 2.10. The van der Waals surface area contributed by atoms with Crippen molar-refractivity contribution < 1.29 is 9.47 Å². The topological polar surface area (TPSA) is 18.5 Å². The third kappa shape index (κ3) is 5.17. The first-order valence-corrected chi connectivity index (χ1v) is 7.57. The van der Waals surface area contributed by atoms with E-state index in [0.717, 1.165) is 40.8 Å². The fraction of sp³-hybridized carbons (Fsp3) is 0.571. The van der Waals surface area contributed by atoms with Crippen molar-refractivity contribution in [2.45, 2.75) is 32.6 Å². The summed E-state index contributed by atoms with van der Waals surface area (Å²) >= 11 is 9.38. The highest BCUT2D eigenvalue weighted by atomic mass is 79.9. The lowest BCUT2D eigenvalue weighted by molar-refractivity contribution is 0.0976. The van der Waals surface area contributed by atoms with E-state index in [0.29, 0.717) is 19.1 Å². The molecule has 0 spiro atoms. The minimum Gasteiger partial charge on any atom is -0.491 e. The highest BCUT2D eigenvalue weighted by molar-refractivity contribution is 9.10. The molecule has 0 heterocycles. The SMILES string of the molecule is CCCCOCCOc1c(C)cc(Br)cc1CCl. The molecule has 4 heteroatoms. The van der Waals surface area contributed by atoms with E-state index in [-0.39, 0.29) is 0 Å². The number of halogens is 2. The molecule has 1 rings (SSSR count). The number of unbranched alkanes of at least 4 members (excludes halogenated alkanes) is 1. The molecule has 2 nitrogen and oxygen atoms in total. The lowest BCUT2D eigenvalue weighted by atomic mass is 10.1. The highest BCUT2D eigenvalue weighted by Gasteiger charge is 2.08. The van der Waals surface area contributed by atoms with Gasteiger partial charge in [0.15, 0.2) is 0 Å². The number of ether oxygens (including phenoxy) is 2. The molecule has 1 aromatic rings. The van der Waals surface area contributed by atoms with Gasteiger partial charge in [-0.05, 0) is 31.0 Å². The third-order valence-corrected chi connectivity index (χ3v) is 3.32. The predicted octanol–water partition coefficient (Wildman–Crippen LogP) is 4.69. The fourth-order valence-electron chi connectivity index (χ4n) is 1.66. The molecule has 0 unspecified atom stereocenters. The largest absolute Gasteiger partial charge is 0.491 e. The molecule has 0 aliphatic carbocycles. The van der Waals surface area contributed by atoms with Gasteiger partial charge in [0, 0.05) is 16.6 Å². The molecular formula is C14H20BrClO2. The Morgan fingerprint density at radius 3 is 2.67 bits per heavy atom. The van der Waals surface area contributed by atoms with Gasteiger partial charge in [-0.3, -0.25) is 0 Å². The molecule has 18 heavy (non-hydrogen) atoms. The molecule has 1 aromatic carbocycles. The third-order valence-electron chi connectivity index (χ3n) is 2.58. The Bertz CT molecular complexity index is 369. The molecule has 0 atom stereocenters. The average Bonchev–Trinajstić information content (AvgIpc) is 2.35. The predicted molar refractivity (Wildman–Crippen MR) is 79.7 cm³/mol. The van der Waals surface area contributed by atoms with Crippen LogP contribution in [-0.4, -0.2) is 19.8 Å².